The molecule has 19 heavy (non-hydrogen) atoms. The van der Waals surface area contributed by atoms with E-state index in [-0.39, 0.29) is 25.2 Å². The van der Waals surface area contributed by atoms with E-state index in [0.29, 0.717) is 0 Å². The normalized spacial score (nSPS) is 11.7. The van der Waals surface area contributed by atoms with E-state index in [9.17, 15) is 0 Å². The van der Waals surface area contributed by atoms with E-state index >= 15 is 0 Å². The zero-order valence-corrected chi connectivity index (χ0v) is 11.6. The van der Waals surface area contributed by atoms with Gasteiger partial charge in [0.25, 0.3) is 0 Å². The Hall–Kier alpha value is -0.900. The van der Waals surface area contributed by atoms with Crippen molar-refractivity contribution in [3.63, 3.8) is 0 Å². The van der Waals surface area contributed by atoms with Gasteiger partial charge in [0.2, 0.25) is 0 Å². The fourth-order valence-corrected chi connectivity index (χ4v) is 2.85. The van der Waals surface area contributed by atoms with E-state index in [4.69, 9.17) is 15.3 Å². The van der Waals surface area contributed by atoms with Crippen LogP contribution in [-0.2, 0) is 5.41 Å². The van der Waals surface area contributed by atoms with Gasteiger partial charge in [0.15, 0.2) is 0 Å². The first-order valence-electron chi connectivity index (χ1n) is 7.17. The average molecular weight is 266 g/mol. The van der Waals surface area contributed by atoms with Crippen molar-refractivity contribution in [3.8, 4) is 0 Å². The van der Waals surface area contributed by atoms with Gasteiger partial charge in [0.1, 0.15) is 0 Å². The molecule has 0 fully saturated rings. The molecule has 3 N–H and O–H groups in total. The van der Waals surface area contributed by atoms with E-state index in [0.717, 1.165) is 38.5 Å². The molecule has 0 heterocycles. The van der Waals surface area contributed by atoms with E-state index < -0.39 is 0 Å². The summed E-state index contributed by atoms with van der Waals surface area (Å²) >= 11 is 0. The van der Waals surface area contributed by atoms with Crippen LogP contribution in [-0.4, -0.2) is 35.1 Å². The van der Waals surface area contributed by atoms with E-state index in [1.54, 1.807) is 0 Å². The lowest BCUT2D eigenvalue weighted by molar-refractivity contribution is 0.205. The Balaban J connectivity index is 2.94. The van der Waals surface area contributed by atoms with Crippen LogP contribution in [0.4, 0.5) is 0 Å². The summed E-state index contributed by atoms with van der Waals surface area (Å²) in [4.78, 5) is 0. The molecule has 0 saturated heterocycles. The number of hydrogen-bond acceptors (Lipinski definition) is 3. The summed E-state index contributed by atoms with van der Waals surface area (Å²) in [6, 6.07) is 10.3. The number of hydrogen-bond donors (Lipinski definition) is 3. The molecule has 0 aliphatic carbocycles. The molecule has 0 amide bonds. The van der Waals surface area contributed by atoms with Gasteiger partial charge in [-0.05, 0) is 49.5 Å². The quantitative estimate of drug-likeness (QED) is 0.608. The molecular weight excluding hydrogens is 240 g/mol. The SMILES string of the molecule is OCCCC(CCCO)(CCCO)c1ccccc1. The topological polar surface area (TPSA) is 60.7 Å². The van der Waals surface area contributed by atoms with Gasteiger partial charge in [0, 0.05) is 19.8 Å². The van der Waals surface area contributed by atoms with Crippen molar-refractivity contribution in [2.24, 2.45) is 0 Å². The standard InChI is InChI=1S/C16H26O3/c17-12-4-9-16(10-5-13-18,11-6-14-19)15-7-2-1-3-8-15/h1-3,7-8,17-19H,4-6,9-14H2. The molecule has 0 saturated carbocycles. The first-order chi connectivity index (χ1) is 9.29. The fourth-order valence-electron chi connectivity index (χ4n) is 2.85. The van der Waals surface area contributed by atoms with Crippen molar-refractivity contribution in [3.05, 3.63) is 35.9 Å². The summed E-state index contributed by atoms with van der Waals surface area (Å²) in [5, 5.41) is 27.4. The second kappa shape index (κ2) is 9.08. The van der Waals surface area contributed by atoms with Crippen molar-refractivity contribution in [1.82, 2.24) is 0 Å². The van der Waals surface area contributed by atoms with Crippen molar-refractivity contribution >= 4 is 0 Å². The van der Waals surface area contributed by atoms with Gasteiger partial charge < -0.3 is 15.3 Å². The highest BCUT2D eigenvalue weighted by Gasteiger charge is 2.30. The van der Waals surface area contributed by atoms with Crippen LogP contribution in [0.25, 0.3) is 0 Å². The Morgan fingerprint density at radius 1 is 0.684 bits per heavy atom. The van der Waals surface area contributed by atoms with Gasteiger partial charge in [-0.2, -0.15) is 0 Å². The fraction of sp³-hybridized carbons (Fsp3) is 0.625. The Morgan fingerprint density at radius 3 is 1.47 bits per heavy atom. The van der Waals surface area contributed by atoms with Crippen LogP contribution in [0.1, 0.15) is 44.1 Å². The molecule has 0 aliphatic heterocycles. The highest BCUT2D eigenvalue weighted by Crippen LogP contribution is 2.38. The monoisotopic (exact) mass is 266 g/mol. The molecule has 108 valence electrons. The zero-order chi connectivity index (χ0) is 14.0. The van der Waals surface area contributed by atoms with Crippen LogP contribution >= 0.6 is 0 Å². The Kier molecular flexibility index (Phi) is 7.72. The minimum atomic E-state index is -0.0323. The maximum Gasteiger partial charge on any atom is 0.0431 e. The summed E-state index contributed by atoms with van der Waals surface area (Å²) in [6.07, 6.45) is 4.96. The summed E-state index contributed by atoms with van der Waals surface area (Å²) < 4.78 is 0. The second-order valence-electron chi connectivity index (χ2n) is 5.13. The molecule has 0 atom stereocenters. The average Bonchev–Trinajstić information content (AvgIpc) is 2.48. The van der Waals surface area contributed by atoms with Crippen molar-refractivity contribution in [1.29, 1.82) is 0 Å². The van der Waals surface area contributed by atoms with Crippen LogP contribution < -0.4 is 0 Å². The van der Waals surface area contributed by atoms with Crippen molar-refractivity contribution in [2.45, 2.75) is 43.9 Å². The molecule has 1 rings (SSSR count). The van der Waals surface area contributed by atoms with Gasteiger partial charge in [-0.15, -0.1) is 0 Å². The summed E-state index contributed by atoms with van der Waals surface area (Å²) in [5.41, 5.74) is 1.22. The van der Waals surface area contributed by atoms with Crippen molar-refractivity contribution in [2.75, 3.05) is 19.8 Å². The minimum Gasteiger partial charge on any atom is -0.396 e. The maximum absolute atomic E-state index is 9.13. The van der Waals surface area contributed by atoms with Crippen LogP contribution in [0, 0.1) is 0 Å². The molecule has 0 spiro atoms. The van der Waals surface area contributed by atoms with E-state index in [2.05, 4.69) is 12.1 Å². The van der Waals surface area contributed by atoms with E-state index in [1.165, 1.54) is 5.56 Å². The van der Waals surface area contributed by atoms with Gasteiger partial charge in [0.05, 0.1) is 0 Å². The zero-order valence-electron chi connectivity index (χ0n) is 11.6. The lowest BCUT2D eigenvalue weighted by atomic mass is 9.70. The third-order valence-electron chi connectivity index (χ3n) is 3.83. The van der Waals surface area contributed by atoms with Gasteiger partial charge >= 0.3 is 0 Å². The molecule has 1 aromatic rings. The molecule has 0 unspecified atom stereocenters. The first kappa shape index (κ1) is 16.2. The summed E-state index contributed by atoms with van der Waals surface area (Å²) in [7, 11) is 0. The molecule has 3 nitrogen and oxygen atoms in total. The Morgan fingerprint density at radius 2 is 1.11 bits per heavy atom. The molecule has 0 radical (unpaired) electrons. The van der Waals surface area contributed by atoms with Crippen molar-refractivity contribution < 1.29 is 15.3 Å². The molecular formula is C16H26O3. The van der Waals surface area contributed by atoms with E-state index in [1.807, 2.05) is 18.2 Å². The highest BCUT2D eigenvalue weighted by atomic mass is 16.3. The highest BCUT2D eigenvalue weighted by molar-refractivity contribution is 5.25. The molecule has 1 aromatic carbocycles. The number of aliphatic hydroxyl groups is 3. The van der Waals surface area contributed by atoms with Crippen LogP contribution in [0.15, 0.2) is 30.3 Å². The molecule has 0 aromatic heterocycles. The summed E-state index contributed by atoms with van der Waals surface area (Å²) in [6.45, 7) is 0.562. The maximum atomic E-state index is 9.13. The van der Waals surface area contributed by atoms with Crippen LogP contribution in [0.5, 0.6) is 0 Å². The minimum absolute atomic E-state index is 0.0323. The number of aliphatic hydroxyl groups excluding tert-OH is 3. The number of benzene rings is 1. The predicted octanol–water partition coefficient (Wildman–Crippen LogP) is 2.24. The molecule has 3 heteroatoms. The molecule has 0 aliphatic rings. The predicted molar refractivity (Wildman–Crippen MR) is 77.1 cm³/mol. The third-order valence-corrected chi connectivity index (χ3v) is 3.83. The Labute approximate surface area is 115 Å². The molecule has 0 bridgehead atoms. The first-order valence-corrected chi connectivity index (χ1v) is 7.17. The van der Waals surface area contributed by atoms with Gasteiger partial charge in [-0.1, -0.05) is 30.3 Å². The lowest BCUT2D eigenvalue weighted by Crippen LogP contribution is -2.27. The smallest absolute Gasteiger partial charge is 0.0431 e. The second-order valence-corrected chi connectivity index (χ2v) is 5.13. The van der Waals surface area contributed by atoms with Gasteiger partial charge in [-0.25, -0.2) is 0 Å². The number of rotatable bonds is 10. The van der Waals surface area contributed by atoms with Crippen LogP contribution in [0.2, 0.25) is 0 Å². The largest absolute Gasteiger partial charge is 0.396 e. The van der Waals surface area contributed by atoms with Crippen LogP contribution in [0.3, 0.4) is 0 Å². The van der Waals surface area contributed by atoms with Gasteiger partial charge in [-0.3, -0.25) is 0 Å². The lowest BCUT2D eigenvalue weighted by Gasteiger charge is -2.35. The third kappa shape index (κ3) is 4.94. The summed E-state index contributed by atoms with van der Waals surface area (Å²) in [5.74, 6) is 0. The Bertz CT molecular complexity index is 302.